The molecule has 0 aliphatic heterocycles. The number of aryl methyl sites for hydroxylation is 1. The molecule has 3 rings (SSSR count). The smallest absolute Gasteiger partial charge is 0.349 e. The number of nitro benzene ring substituents is 1. The Morgan fingerprint density at radius 1 is 1.15 bits per heavy atom. The number of hydrogen-bond donors (Lipinski definition) is 1. The van der Waals surface area contributed by atoms with Gasteiger partial charge in [-0.25, -0.2) is 4.79 Å². The molecule has 8 heteroatoms. The van der Waals surface area contributed by atoms with Crippen molar-refractivity contribution in [2.75, 3.05) is 12.3 Å². The number of hydrogen-bond acceptors (Lipinski definition) is 6. The van der Waals surface area contributed by atoms with Crippen LogP contribution in [0.15, 0.2) is 65.6 Å². The van der Waals surface area contributed by atoms with Crippen molar-refractivity contribution in [3.8, 4) is 16.9 Å². The van der Waals surface area contributed by atoms with Gasteiger partial charge in [-0.2, -0.15) is 4.98 Å². The fourth-order valence-corrected chi connectivity index (χ4v) is 2.62. The lowest BCUT2D eigenvalue weighted by molar-refractivity contribution is -0.384. The van der Waals surface area contributed by atoms with Crippen LogP contribution in [0.1, 0.15) is 6.42 Å². The molecule has 0 bridgehead atoms. The molecule has 0 amide bonds. The first kappa shape index (κ1) is 18.1. The van der Waals surface area contributed by atoms with E-state index in [1.54, 1.807) is 18.3 Å². The number of nitrogen functional groups attached to an aromatic ring is 1. The van der Waals surface area contributed by atoms with Crippen LogP contribution in [0, 0.1) is 10.1 Å². The second-order valence-electron chi connectivity index (χ2n) is 5.84. The van der Waals surface area contributed by atoms with Crippen molar-refractivity contribution in [2.45, 2.75) is 13.0 Å². The predicted octanol–water partition coefficient (Wildman–Crippen LogP) is 2.87. The molecule has 1 aromatic heterocycles. The Balaban J connectivity index is 1.65. The van der Waals surface area contributed by atoms with Crippen LogP contribution in [-0.4, -0.2) is 21.1 Å². The Morgan fingerprint density at radius 3 is 2.67 bits per heavy atom. The molecule has 0 unspecified atom stereocenters. The van der Waals surface area contributed by atoms with Gasteiger partial charge in [0.15, 0.2) is 0 Å². The normalized spacial score (nSPS) is 10.5. The van der Waals surface area contributed by atoms with Gasteiger partial charge < -0.3 is 10.5 Å². The Morgan fingerprint density at radius 2 is 1.93 bits per heavy atom. The van der Waals surface area contributed by atoms with Gasteiger partial charge in [0.05, 0.1) is 17.6 Å². The largest absolute Gasteiger partial charge is 0.493 e. The third-order valence-electron chi connectivity index (χ3n) is 3.95. The Hall–Kier alpha value is -3.68. The van der Waals surface area contributed by atoms with Crippen LogP contribution in [0.3, 0.4) is 0 Å². The summed E-state index contributed by atoms with van der Waals surface area (Å²) < 4.78 is 7.01. The van der Waals surface area contributed by atoms with E-state index in [2.05, 4.69) is 4.98 Å². The second kappa shape index (κ2) is 8.13. The van der Waals surface area contributed by atoms with Gasteiger partial charge in [-0.3, -0.25) is 14.7 Å². The second-order valence-corrected chi connectivity index (χ2v) is 5.84. The molecule has 0 saturated heterocycles. The summed E-state index contributed by atoms with van der Waals surface area (Å²) in [5, 5.41) is 10.8. The van der Waals surface area contributed by atoms with Gasteiger partial charge >= 0.3 is 5.69 Å². The molecule has 0 aliphatic carbocycles. The van der Waals surface area contributed by atoms with Crippen LogP contribution >= 0.6 is 0 Å². The molecule has 3 aromatic rings. The summed E-state index contributed by atoms with van der Waals surface area (Å²) in [6, 6.07) is 15.4. The average Bonchev–Trinajstić information content (AvgIpc) is 2.67. The number of anilines is 1. The van der Waals surface area contributed by atoms with E-state index in [-0.39, 0.29) is 11.5 Å². The van der Waals surface area contributed by atoms with Crippen molar-refractivity contribution in [3.05, 3.63) is 81.4 Å². The van der Waals surface area contributed by atoms with E-state index in [4.69, 9.17) is 10.5 Å². The number of aromatic nitrogens is 2. The highest BCUT2D eigenvalue weighted by molar-refractivity contribution is 5.72. The minimum atomic E-state index is -0.475. The SMILES string of the molecule is Nc1nc(=O)n(CCCOc2cccc([N+](=O)[O-])c2)cc1-c1ccccc1. The van der Waals surface area contributed by atoms with Gasteiger partial charge in [-0.05, 0) is 18.1 Å². The topological polar surface area (TPSA) is 113 Å². The zero-order valence-electron chi connectivity index (χ0n) is 14.4. The highest BCUT2D eigenvalue weighted by atomic mass is 16.6. The first-order valence-corrected chi connectivity index (χ1v) is 8.34. The van der Waals surface area contributed by atoms with E-state index in [0.717, 1.165) is 5.56 Å². The number of non-ortho nitro benzene ring substituents is 1. The van der Waals surface area contributed by atoms with Crippen LogP contribution in [0.25, 0.3) is 11.1 Å². The quantitative estimate of drug-likeness (QED) is 0.391. The lowest BCUT2D eigenvalue weighted by Gasteiger charge is -2.11. The molecule has 138 valence electrons. The fraction of sp³-hybridized carbons (Fsp3) is 0.158. The van der Waals surface area contributed by atoms with Gasteiger partial charge in [-0.15, -0.1) is 0 Å². The van der Waals surface area contributed by atoms with E-state index in [1.807, 2.05) is 30.3 Å². The van der Waals surface area contributed by atoms with E-state index < -0.39 is 10.6 Å². The maximum absolute atomic E-state index is 12.1. The van der Waals surface area contributed by atoms with Crippen molar-refractivity contribution in [1.29, 1.82) is 0 Å². The molecule has 2 aromatic carbocycles. The van der Waals surface area contributed by atoms with Gasteiger partial charge in [0, 0.05) is 24.4 Å². The number of rotatable bonds is 7. The van der Waals surface area contributed by atoms with Crippen molar-refractivity contribution in [3.63, 3.8) is 0 Å². The van der Waals surface area contributed by atoms with E-state index >= 15 is 0 Å². The minimum absolute atomic E-state index is 0.0287. The first-order valence-electron chi connectivity index (χ1n) is 8.34. The lowest BCUT2D eigenvalue weighted by atomic mass is 10.1. The molecule has 0 spiro atoms. The Bertz CT molecular complexity index is 1000. The van der Waals surface area contributed by atoms with E-state index in [9.17, 15) is 14.9 Å². The molecule has 8 nitrogen and oxygen atoms in total. The molecule has 2 N–H and O–H groups in total. The van der Waals surface area contributed by atoms with Gasteiger partial charge in [-0.1, -0.05) is 36.4 Å². The summed E-state index contributed by atoms with van der Waals surface area (Å²) in [6.45, 7) is 0.694. The third-order valence-corrected chi connectivity index (χ3v) is 3.95. The Labute approximate surface area is 155 Å². The molecule has 27 heavy (non-hydrogen) atoms. The highest BCUT2D eigenvalue weighted by Crippen LogP contribution is 2.22. The van der Waals surface area contributed by atoms with Gasteiger partial charge in [0.1, 0.15) is 11.6 Å². The minimum Gasteiger partial charge on any atom is -0.493 e. The summed E-state index contributed by atoms with van der Waals surface area (Å²) in [4.78, 5) is 26.3. The summed E-state index contributed by atoms with van der Waals surface area (Å²) >= 11 is 0. The molecule has 0 radical (unpaired) electrons. The zero-order chi connectivity index (χ0) is 19.2. The van der Waals surface area contributed by atoms with Crippen LogP contribution in [0.2, 0.25) is 0 Å². The van der Waals surface area contributed by atoms with Crippen molar-refractivity contribution in [2.24, 2.45) is 0 Å². The monoisotopic (exact) mass is 366 g/mol. The maximum Gasteiger partial charge on any atom is 0.349 e. The zero-order valence-corrected chi connectivity index (χ0v) is 14.4. The highest BCUT2D eigenvalue weighted by Gasteiger charge is 2.09. The summed E-state index contributed by atoms with van der Waals surface area (Å²) in [5.41, 5.74) is 7.00. The standard InChI is InChI=1S/C19H18N4O4/c20-18-17(14-6-2-1-3-7-14)13-22(19(24)21-18)10-5-11-27-16-9-4-8-15(12-16)23(25)26/h1-4,6-9,12-13H,5,10-11H2,(H2,20,21,24). The molecule has 0 atom stereocenters. The summed E-state index contributed by atoms with van der Waals surface area (Å²) in [5.74, 6) is 0.604. The van der Waals surface area contributed by atoms with Crippen molar-refractivity contribution < 1.29 is 9.66 Å². The van der Waals surface area contributed by atoms with Crippen LogP contribution in [-0.2, 0) is 6.54 Å². The number of ether oxygens (including phenoxy) is 1. The molecular weight excluding hydrogens is 348 g/mol. The molecule has 1 heterocycles. The van der Waals surface area contributed by atoms with E-state index in [0.29, 0.717) is 30.9 Å². The first-order chi connectivity index (χ1) is 13.0. The van der Waals surface area contributed by atoms with Gasteiger partial charge in [0.25, 0.3) is 5.69 Å². The molecule has 0 aliphatic rings. The number of benzene rings is 2. The maximum atomic E-state index is 12.1. The number of nitrogens with zero attached hydrogens (tertiary/aromatic N) is 3. The number of nitrogens with two attached hydrogens (primary N) is 1. The number of nitro groups is 1. The summed E-state index contributed by atoms with van der Waals surface area (Å²) in [7, 11) is 0. The Kier molecular flexibility index (Phi) is 5.46. The molecule has 0 saturated carbocycles. The van der Waals surface area contributed by atoms with Crippen LogP contribution in [0.4, 0.5) is 11.5 Å². The third kappa shape index (κ3) is 4.49. The van der Waals surface area contributed by atoms with Gasteiger partial charge in [0.2, 0.25) is 0 Å². The average molecular weight is 366 g/mol. The lowest BCUT2D eigenvalue weighted by Crippen LogP contribution is -2.25. The van der Waals surface area contributed by atoms with Crippen molar-refractivity contribution in [1.82, 2.24) is 9.55 Å². The van der Waals surface area contributed by atoms with Crippen LogP contribution in [0.5, 0.6) is 5.75 Å². The fourth-order valence-electron chi connectivity index (χ4n) is 2.62. The molecular formula is C19H18N4O4. The summed E-state index contributed by atoms with van der Waals surface area (Å²) in [6.07, 6.45) is 2.22. The van der Waals surface area contributed by atoms with Crippen molar-refractivity contribution >= 4 is 11.5 Å². The predicted molar refractivity (Wildman–Crippen MR) is 102 cm³/mol. The van der Waals surface area contributed by atoms with Crippen LogP contribution < -0.4 is 16.2 Å². The van der Waals surface area contributed by atoms with E-state index in [1.165, 1.54) is 16.7 Å². The molecule has 0 fully saturated rings.